The number of aliphatic hydroxyl groups excluding tert-OH is 2. The molecule has 1 aliphatic rings. The lowest BCUT2D eigenvalue weighted by atomic mass is 9.86. The predicted octanol–water partition coefficient (Wildman–Crippen LogP) is -0.253. The number of rotatable bonds is 1. The Hall–Kier alpha value is -0.120. The average Bonchev–Trinajstić information content (AvgIpc) is 2.18. The molecule has 3 heteroatoms. The highest BCUT2D eigenvalue weighted by Crippen LogP contribution is 2.41. The van der Waals surface area contributed by atoms with Crippen LogP contribution in [0.2, 0.25) is 0 Å². The van der Waals surface area contributed by atoms with Crippen molar-refractivity contribution in [2.45, 2.75) is 32.4 Å². The van der Waals surface area contributed by atoms with Gasteiger partial charge in [0.25, 0.3) is 0 Å². The van der Waals surface area contributed by atoms with Gasteiger partial charge in [0.1, 0.15) is 0 Å². The summed E-state index contributed by atoms with van der Waals surface area (Å²) in [6, 6.07) is 0. The highest BCUT2D eigenvalue weighted by atomic mass is 16.3. The van der Waals surface area contributed by atoms with Crippen LogP contribution in [0.4, 0.5) is 0 Å². The second-order valence-corrected chi connectivity index (χ2v) is 3.30. The Bertz CT molecular complexity index is 301. The van der Waals surface area contributed by atoms with Crippen molar-refractivity contribution < 1.29 is 22.2 Å². The van der Waals surface area contributed by atoms with E-state index in [0.717, 1.165) is 0 Å². The Balaban J connectivity index is 3.42. The summed E-state index contributed by atoms with van der Waals surface area (Å²) in [5.74, 6) is -2.83. The van der Waals surface area contributed by atoms with E-state index in [1.165, 1.54) is 13.8 Å². The summed E-state index contributed by atoms with van der Waals surface area (Å²) in [5, 5.41) is 28.8. The minimum absolute atomic E-state index is 1.32. The zero-order chi connectivity index (χ0) is 13.2. The van der Waals surface area contributed by atoms with Gasteiger partial charge in [-0.15, -0.1) is 0 Å². The summed E-state index contributed by atoms with van der Waals surface area (Å²) in [4.78, 5) is 0. The molecule has 3 unspecified atom stereocenters. The normalized spacial score (nSPS) is 62.1. The van der Waals surface area contributed by atoms with E-state index < -0.39 is 36.4 Å². The summed E-state index contributed by atoms with van der Waals surface area (Å²) < 4.78 is 37.0. The number of hydrogen-bond acceptors (Lipinski definition) is 3. The van der Waals surface area contributed by atoms with Crippen molar-refractivity contribution in [1.29, 1.82) is 0 Å². The molecule has 1 fully saturated rings. The van der Waals surface area contributed by atoms with Crippen LogP contribution in [0.1, 0.15) is 27.1 Å². The van der Waals surface area contributed by atoms with E-state index >= 15 is 0 Å². The maximum absolute atomic E-state index is 9.83. The molecule has 0 aromatic rings. The van der Waals surface area contributed by atoms with Gasteiger partial charge in [0.2, 0.25) is 0 Å². The molecule has 0 aromatic carbocycles. The molecule has 1 aliphatic carbocycles. The van der Waals surface area contributed by atoms with Crippen LogP contribution in [0.3, 0.4) is 0 Å². The lowest BCUT2D eigenvalue weighted by Gasteiger charge is -2.27. The molecule has 0 heterocycles. The SMILES string of the molecule is [2H]C([2H])(O)C1([2H])C(O)C(C)(C)C(O)C1([2H])[2H]. The van der Waals surface area contributed by atoms with Gasteiger partial charge in [-0.1, -0.05) is 13.8 Å². The first-order chi connectivity index (χ1) is 6.81. The lowest BCUT2D eigenvalue weighted by molar-refractivity contribution is -0.0131. The van der Waals surface area contributed by atoms with E-state index in [9.17, 15) is 15.3 Å². The van der Waals surface area contributed by atoms with Crippen LogP contribution < -0.4 is 0 Å². The molecule has 0 radical (unpaired) electrons. The number of hydrogen-bond donors (Lipinski definition) is 3. The minimum Gasteiger partial charge on any atom is -0.396 e. The highest BCUT2D eigenvalue weighted by Gasteiger charge is 2.47. The fourth-order valence-electron chi connectivity index (χ4n) is 1.03. The third-order valence-electron chi connectivity index (χ3n) is 2.10. The van der Waals surface area contributed by atoms with Gasteiger partial charge in [0.15, 0.2) is 0 Å². The average molecular weight is 165 g/mol. The topological polar surface area (TPSA) is 60.7 Å². The molecular weight excluding hydrogens is 144 g/mol. The lowest BCUT2D eigenvalue weighted by Crippen LogP contribution is -2.34. The second kappa shape index (κ2) is 2.73. The van der Waals surface area contributed by atoms with Crippen molar-refractivity contribution in [3.05, 3.63) is 0 Å². The molecule has 11 heavy (non-hydrogen) atoms. The molecule has 0 aliphatic heterocycles. The van der Waals surface area contributed by atoms with Gasteiger partial charge < -0.3 is 15.3 Å². The molecule has 3 atom stereocenters. The van der Waals surface area contributed by atoms with Crippen LogP contribution in [-0.2, 0) is 0 Å². The van der Waals surface area contributed by atoms with Crippen LogP contribution in [0.15, 0.2) is 0 Å². The first-order valence-corrected chi connectivity index (χ1v) is 3.39. The quantitative estimate of drug-likeness (QED) is 0.502. The van der Waals surface area contributed by atoms with E-state index in [-0.39, 0.29) is 0 Å². The van der Waals surface area contributed by atoms with Crippen molar-refractivity contribution in [3.8, 4) is 0 Å². The summed E-state index contributed by atoms with van der Waals surface area (Å²) in [6.07, 6.45) is -6.33. The Labute approximate surface area is 73.7 Å². The van der Waals surface area contributed by atoms with Crippen molar-refractivity contribution in [2.24, 2.45) is 11.3 Å². The molecule has 0 saturated heterocycles. The molecule has 1 saturated carbocycles. The molecular formula is C8H16O3. The van der Waals surface area contributed by atoms with E-state index in [2.05, 4.69) is 0 Å². The maximum atomic E-state index is 9.83. The molecule has 3 N–H and O–H groups in total. The van der Waals surface area contributed by atoms with Gasteiger partial charge in [-0.25, -0.2) is 0 Å². The Morgan fingerprint density at radius 2 is 2.27 bits per heavy atom. The van der Waals surface area contributed by atoms with E-state index in [0.29, 0.717) is 0 Å². The van der Waals surface area contributed by atoms with Gasteiger partial charge in [0, 0.05) is 22.0 Å². The van der Waals surface area contributed by atoms with Crippen LogP contribution in [0.25, 0.3) is 0 Å². The van der Waals surface area contributed by atoms with E-state index in [4.69, 9.17) is 6.85 Å². The molecule has 3 nitrogen and oxygen atoms in total. The van der Waals surface area contributed by atoms with Crippen LogP contribution in [0.5, 0.6) is 0 Å². The van der Waals surface area contributed by atoms with Crippen molar-refractivity contribution in [1.82, 2.24) is 0 Å². The predicted molar refractivity (Wildman–Crippen MR) is 41.0 cm³/mol. The number of aliphatic hydroxyl groups is 3. The summed E-state index contributed by atoms with van der Waals surface area (Å²) >= 11 is 0. The van der Waals surface area contributed by atoms with Crippen LogP contribution in [-0.4, -0.2) is 34.1 Å². The van der Waals surface area contributed by atoms with Crippen molar-refractivity contribution in [3.63, 3.8) is 0 Å². The maximum Gasteiger partial charge on any atom is 0.0666 e. The first kappa shape index (κ1) is 4.21. The van der Waals surface area contributed by atoms with E-state index in [1.807, 2.05) is 0 Å². The Morgan fingerprint density at radius 1 is 1.73 bits per heavy atom. The van der Waals surface area contributed by atoms with Gasteiger partial charge in [-0.2, -0.15) is 0 Å². The first-order valence-electron chi connectivity index (χ1n) is 5.89. The molecule has 66 valence electrons. The molecule has 0 spiro atoms. The zero-order valence-electron chi connectivity index (χ0n) is 11.5. The van der Waals surface area contributed by atoms with Gasteiger partial charge in [-0.3, -0.25) is 0 Å². The summed E-state index contributed by atoms with van der Waals surface area (Å²) in [7, 11) is 0. The van der Waals surface area contributed by atoms with Crippen LogP contribution in [0, 0.1) is 11.3 Å². The highest BCUT2D eigenvalue weighted by molar-refractivity contribution is 4.96. The van der Waals surface area contributed by atoms with E-state index in [1.54, 1.807) is 0 Å². The third-order valence-corrected chi connectivity index (χ3v) is 2.10. The fraction of sp³-hybridized carbons (Fsp3) is 1.00. The minimum atomic E-state index is -3.26. The molecule has 0 aromatic heterocycles. The van der Waals surface area contributed by atoms with Gasteiger partial charge >= 0.3 is 0 Å². The fourth-order valence-corrected chi connectivity index (χ4v) is 1.03. The smallest absolute Gasteiger partial charge is 0.0666 e. The van der Waals surface area contributed by atoms with Gasteiger partial charge in [-0.05, 0) is 6.37 Å². The summed E-state index contributed by atoms with van der Waals surface area (Å²) in [6.45, 7) is -0.616. The largest absolute Gasteiger partial charge is 0.396 e. The molecule has 0 bridgehead atoms. The molecule has 0 amide bonds. The zero-order valence-corrected chi connectivity index (χ0v) is 6.50. The summed E-state index contributed by atoms with van der Waals surface area (Å²) in [5.41, 5.74) is -1.42. The van der Waals surface area contributed by atoms with Crippen molar-refractivity contribution >= 4 is 0 Å². The molecule has 1 rings (SSSR count). The third kappa shape index (κ3) is 1.28. The van der Waals surface area contributed by atoms with Crippen molar-refractivity contribution in [2.75, 3.05) is 6.56 Å². The monoisotopic (exact) mass is 165 g/mol. The van der Waals surface area contributed by atoms with Crippen LogP contribution >= 0.6 is 0 Å². The van der Waals surface area contributed by atoms with Gasteiger partial charge in [0.05, 0.1) is 14.9 Å². The standard InChI is InChI=1S/C8H16O3/c1-8(2)6(10)3-5(4-9)7(8)11/h5-7,9-11H,3-4H2,1-2H3/i3D2,4D2,5D. The Kier molecular flexibility index (Phi) is 1.05. The second-order valence-electron chi connectivity index (χ2n) is 3.30. The Morgan fingerprint density at radius 3 is 2.45 bits per heavy atom.